The van der Waals surface area contributed by atoms with Crippen LogP contribution in [0.2, 0.25) is 0 Å². The molecule has 1 heterocycles. The molecule has 0 atom stereocenters. The second-order valence-corrected chi connectivity index (χ2v) is 2.60. The molecule has 0 aromatic carbocycles. The molecule has 0 amide bonds. The molecule has 0 aliphatic carbocycles. The Balaban J connectivity index is 3.04. The zero-order chi connectivity index (χ0) is 9.84. The molecule has 0 saturated heterocycles. The molecular formula is C9H11N3O. The summed E-state index contributed by atoms with van der Waals surface area (Å²) in [6, 6.07) is 2.05. The minimum atomic E-state index is 0.383. The lowest BCUT2D eigenvalue weighted by molar-refractivity contribution is 0.328. The average molecular weight is 177 g/mol. The highest BCUT2D eigenvalue weighted by atomic mass is 16.5. The Kier molecular flexibility index (Phi) is 2.70. The normalized spacial score (nSPS) is 9.31. The lowest BCUT2D eigenvalue weighted by Crippen LogP contribution is -2.00. The van der Waals surface area contributed by atoms with Crippen molar-refractivity contribution < 1.29 is 4.74 Å². The third kappa shape index (κ3) is 1.70. The lowest BCUT2D eigenvalue weighted by atomic mass is 10.3. The van der Waals surface area contributed by atoms with Crippen molar-refractivity contribution in [3.8, 4) is 11.9 Å². The quantitative estimate of drug-likeness (QED) is 0.651. The maximum absolute atomic E-state index is 8.80. The van der Waals surface area contributed by atoms with Crippen molar-refractivity contribution in [3.05, 3.63) is 23.9 Å². The molecule has 4 heteroatoms. The second kappa shape index (κ2) is 3.76. The Morgan fingerprint density at radius 3 is 3.00 bits per heavy atom. The van der Waals surface area contributed by atoms with Crippen LogP contribution < -0.4 is 4.74 Å². The predicted molar refractivity (Wildman–Crippen MR) is 48.4 cm³/mol. The first-order chi connectivity index (χ1) is 6.20. The fourth-order valence-corrected chi connectivity index (χ4v) is 1.07. The predicted octanol–water partition coefficient (Wildman–Crippen LogP) is 1.16. The third-order valence-electron chi connectivity index (χ3n) is 1.62. The Labute approximate surface area is 77.0 Å². The van der Waals surface area contributed by atoms with Crippen molar-refractivity contribution in [1.82, 2.24) is 9.78 Å². The van der Waals surface area contributed by atoms with Gasteiger partial charge in [0.05, 0.1) is 5.69 Å². The van der Waals surface area contributed by atoms with Gasteiger partial charge in [0.2, 0.25) is 5.88 Å². The number of hydrogen-bond acceptors (Lipinski definition) is 3. The van der Waals surface area contributed by atoms with E-state index >= 15 is 0 Å². The summed E-state index contributed by atoms with van der Waals surface area (Å²) in [5.41, 5.74) is 1.17. The van der Waals surface area contributed by atoms with Gasteiger partial charge < -0.3 is 4.74 Å². The monoisotopic (exact) mass is 177 g/mol. The van der Waals surface area contributed by atoms with E-state index in [4.69, 9.17) is 10.00 Å². The van der Waals surface area contributed by atoms with E-state index in [2.05, 4.69) is 17.7 Å². The van der Waals surface area contributed by atoms with Crippen molar-refractivity contribution in [1.29, 1.82) is 5.26 Å². The highest BCUT2D eigenvalue weighted by Crippen LogP contribution is 2.19. The summed E-state index contributed by atoms with van der Waals surface area (Å²) in [4.78, 5) is 0. The Hall–Kier alpha value is -1.76. The summed E-state index contributed by atoms with van der Waals surface area (Å²) in [5, 5.41) is 12.9. The molecule has 0 N–H and O–H groups in total. The van der Waals surface area contributed by atoms with Crippen molar-refractivity contribution in [3.63, 3.8) is 0 Å². The van der Waals surface area contributed by atoms with E-state index in [1.165, 1.54) is 0 Å². The van der Waals surface area contributed by atoms with Crippen LogP contribution in [0.1, 0.15) is 11.3 Å². The van der Waals surface area contributed by atoms with Gasteiger partial charge in [-0.2, -0.15) is 10.4 Å². The first kappa shape index (κ1) is 9.33. The van der Waals surface area contributed by atoms with Gasteiger partial charge in [0.25, 0.3) is 0 Å². The number of nitrogens with zero attached hydrogens (tertiary/aromatic N) is 3. The van der Waals surface area contributed by atoms with Gasteiger partial charge in [-0.15, -0.1) is 0 Å². The Morgan fingerprint density at radius 1 is 1.77 bits per heavy atom. The van der Waals surface area contributed by atoms with Crippen LogP contribution in [0.25, 0.3) is 0 Å². The SMILES string of the molecule is C=CCOc1c(C#N)c(C)nn1C. The number of nitriles is 1. The van der Waals surface area contributed by atoms with Gasteiger partial charge in [-0.05, 0) is 6.92 Å². The van der Waals surface area contributed by atoms with Crippen molar-refractivity contribution >= 4 is 0 Å². The Bertz CT molecular complexity index is 360. The fourth-order valence-electron chi connectivity index (χ4n) is 1.07. The minimum Gasteiger partial charge on any atom is -0.473 e. The van der Waals surface area contributed by atoms with Crippen LogP contribution in [-0.4, -0.2) is 16.4 Å². The van der Waals surface area contributed by atoms with Crippen LogP contribution in [-0.2, 0) is 7.05 Å². The van der Waals surface area contributed by atoms with E-state index in [0.717, 1.165) is 0 Å². The fraction of sp³-hybridized carbons (Fsp3) is 0.333. The van der Waals surface area contributed by atoms with Gasteiger partial charge >= 0.3 is 0 Å². The largest absolute Gasteiger partial charge is 0.473 e. The van der Waals surface area contributed by atoms with Crippen LogP contribution in [0.4, 0.5) is 0 Å². The maximum atomic E-state index is 8.80. The standard InChI is InChI=1S/C9H11N3O/c1-4-5-13-9-8(6-10)7(2)11-12(9)3/h4H,1,5H2,2-3H3. The summed E-state index contributed by atoms with van der Waals surface area (Å²) < 4.78 is 6.84. The molecular weight excluding hydrogens is 166 g/mol. The molecule has 0 bridgehead atoms. The third-order valence-corrected chi connectivity index (χ3v) is 1.62. The molecule has 0 spiro atoms. The topological polar surface area (TPSA) is 50.8 Å². The van der Waals surface area contributed by atoms with Crippen LogP contribution in [0.15, 0.2) is 12.7 Å². The average Bonchev–Trinajstić information content (AvgIpc) is 2.37. The van der Waals surface area contributed by atoms with Gasteiger partial charge in [-0.3, -0.25) is 0 Å². The molecule has 0 unspecified atom stereocenters. The van der Waals surface area contributed by atoms with Crippen molar-refractivity contribution in [2.45, 2.75) is 6.92 Å². The van der Waals surface area contributed by atoms with E-state index in [-0.39, 0.29) is 0 Å². The molecule has 0 saturated carbocycles. The van der Waals surface area contributed by atoms with Crippen LogP contribution >= 0.6 is 0 Å². The molecule has 0 radical (unpaired) electrons. The highest BCUT2D eigenvalue weighted by molar-refractivity contribution is 5.41. The molecule has 0 aliphatic rings. The number of rotatable bonds is 3. The number of ether oxygens (including phenoxy) is 1. The smallest absolute Gasteiger partial charge is 0.230 e. The van der Waals surface area contributed by atoms with Crippen LogP contribution in [0.3, 0.4) is 0 Å². The van der Waals surface area contributed by atoms with Gasteiger partial charge in [0.15, 0.2) is 0 Å². The van der Waals surface area contributed by atoms with E-state index in [1.807, 2.05) is 0 Å². The zero-order valence-corrected chi connectivity index (χ0v) is 7.74. The van der Waals surface area contributed by atoms with Gasteiger partial charge in [-0.1, -0.05) is 12.7 Å². The van der Waals surface area contributed by atoms with Crippen LogP contribution in [0, 0.1) is 18.3 Å². The van der Waals surface area contributed by atoms with E-state index in [1.54, 1.807) is 24.7 Å². The summed E-state index contributed by atoms with van der Waals surface area (Å²) in [6.07, 6.45) is 1.63. The molecule has 68 valence electrons. The summed E-state index contributed by atoms with van der Waals surface area (Å²) in [7, 11) is 1.74. The number of aromatic nitrogens is 2. The van der Waals surface area contributed by atoms with Crippen LogP contribution in [0.5, 0.6) is 5.88 Å². The van der Waals surface area contributed by atoms with Crippen molar-refractivity contribution in [2.24, 2.45) is 7.05 Å². The molecule has 0 aliphatic heterocycles. The highest BCUT2D eigenvalue weighted by Gasteiger charge is 2.13. The Morgan fingerprint density at radius 2 is 2.46 bits per heavy atom. The molecule has 1 aromatic heterocycles. The van der Waals surface area contributed by atoms with E-state index < -0.39 is 0 Å². The lowest BCUT2D eigenvalue weighted by Gasteiger charge is -2.02. The summed E-state index contributed by atoms with van der Waals surface area (Å²) in [6.45, 7) is 5.69. The molecule has 0 fully saturated rings. The van der Waals surface area contributed by atoms with Crippen molar-refractivity contribution in [2.75, 3.05) is 6.61 Å². The minimum absolute atomic E-state index is 0.383. The van der Waals surface area contributed by atoms with E-state index in [0.29, 0.717) is 23.7 Å². The number of aryl methyl sites for hydroxylation is 2. The van der Waals surface area contributed by atoms with Gasteiger partial charge in [0, 0.05) is 7.05 Å². The molecule has 1 aromatic rings. The summed E-state index contributed by atoms with van der Waals surface area (Å²) >= 11 is 0. The molecule has 4 nitrogen and oxygen atoms in total. The van der Waals surface area contributed by atoms with Gasteiger partial charge in [0.1, 0.15) is 18.2 Å². The maximum Gasteiger partial charge on any atom is 0.230 e. The molecule has 1 rings (SSSR count). The van der Waals surface area contributed by atoms with E-state index in [9.17, 15) is 0 Å². The summed E-state index contributed by atoms with van der Waals surface area (Å²) in [5.74, 6) is 0.500. The first-order valence-corrected chi connectivity index (χ1v) is 3.88. The first-order valence-electron chi connectivity index (χ1n) is 3.88. The van der Waals surface area contributed by atoms with Gasteiger partial charge in [-0.25, -0.2) is 4.68 Å². The zero-order valence-electron chi connectivity index (χ0n) is 7.74. The number of hydrogen-bond donors (Lipinski definition) is 0. The molecule has 13 heavy (non-hydrogen) atoms. The second-order valence-electron chi connectivity index (χ2n) is 2.60.